The first-order chi connectivity index (χ1) is 7.58. The third kappa shape index (κ3) is 2.82. The number of hydrogen-bond acceptors (Lipinski definition) is 3. The van der Waals surface area contributed by atoms with Crippen molar-refractivity contribution in [2.24, 2.45) is 0 Å². The molecule has 0 atom stereocenters. The number of carbonyl (C=O) groups is 2. The fraction of sp³-hybridized carbons (Fsp3) is 0.333. The Kier molecular flexibility index (Phi) is 4.05. The van der Waals surface area contributed by atoms with Crippen molar-refractivity contribution in [2.75, 3.05) is 12.4 Å². The van der Waals surface area contributed by atoms with Crippen molar-refractivity contribution in [2.45, 2.75) is 20.3 Å². The maximum absolute atomic E-state index is 11.3. The minimum absolute atomic E-state index is 0.0291. The van der Waals surface area contributed by atoms with Crippen LogP contribution in [0.4, 0.5) is 10.5 Å². The summed E-state index contributed by atoms with van der Waals surface area (Å²) < 4.78 is 4.49. The number of benzene rings is 1. The number of Topliss-reactive ketones (excluding diaryl/α,β-unsaturated/α-hetero) is 1. The second-order valence-corrected chi connectivity index (χ2v) is 3.40. The highest BCUT2D eigenvalue weighted by atomic mass is 16.5. The van der Waals surface area contributed by atoms with Crippen LogP contribution in [0.5, 0.6) is 0 Å². The fourth-order valence-electron chi connectivity index (χ4n) is 1.48. The predicted octanol–water partition coefficient (Wildman–Crippen LogP) is 2.63. The number of nitrogens with one attached hydrogen (secondary N) is 1. The molecule has 0 aliphatic carbocycles. The molecule has 1 aromatic carbocycles. The van der Waals surface area contributed by atoms with E-state index in [-0.39, 0.29) is 5.78 Å². The first-order valence-electron chi connectivity index (χ1n) is 5.07. The van der Waals surface area contributed by atoms with E-state index in [0.717, 1.165) is 12.0 Å². The second-order valence-electron chi connectivity index (χ2n) is 3.40. The van der Waals surface area contributed by atoms with Crippen LogP contribution in [0, 0.1) is 0 Å². The first-order valence-corrected chi connectivity index (χ1v) is 5.07. The van der Waals surface area contributed by atoms with Crippen molar-refractivity contribution in [3.8, 4) is 0 Å². The van der Waals surface area contributed by atoms with Gasteiger partial charge in [0.15, 0.2) is 5.78 Å². The number of methoxy groups -OCH3 is 1. The first kappa shape index (κ1) is 12.2. The molecule has 16 heavy (non-hydrogen) atoms. The molecule has 0 unspecified atom stereocenters. The molecule has 86 valence electrons. The topological polar surface area (TPSA) is 55.4 Å². The smallest absolute Gasteiger partial charge is 0.411 e. The Morgan fingerprint density at radius 2 is 2.06 bits per heavy atom. The van der Waals surface area contributed by atoms with Gasteiger partial charge < -0.3 is 4.74 Å². The van der Waals surface area contributed by atoms with Gasteiger partial charge in [-0.2, -0.15) is 0 Å². The molecule has 0 bridgehead atoms. The number of amides is 1. The van der Waals surface area contributed by atoms with Gasteiger partial charge in [-0.05, 0) is 37.1 Å². The van der Waals surface area contributed by atoms with E-state index in [1.54, 1.807) is 18.2 Å². The molecule has 0 spiro atoms. The second kappa shape index (κ2) is 5.30. The van der Waals surface area contributed by atoms with Gasteiger partial charge in [-0.3, -0.25) is 10.1 Å². The van der Waals surface area contributed by atoms with Crippen molar-refractivity contribution in [1.29, 1.82) is 0 Å². The van der Waals surface area contributed by atoms with E-state index in [2.05, 4.69) is 10.1 Å². The molecule has 1 N–H and O–H groups in total. The van der Waals surface area contributed by atoms with Gasteiger partial charge in [-0.1, -0.05) is 6.92 Å². The van der Waals surface area contributed by atoms with Gasteiger partial charge in [0.25, 0.3) is 0 Å². The van der Waals surface area contributed by atoms with Gasteiger partial charge in [0.2, 0.25) is 0 Å². The number of anilines is 1. The van der Waals surface area contributed by atoms with Gasteiger partial charge in [0.05, 0.1) is 7.11 Å². The summed E-state index contributed by atoms with van der Waals surface area (Å²) in [6.45, 7) is 3.49. The van der Waals surface area contributed by atoms with Crippen LogP contribution >= 0.6 is 0 Å². The van der Waals surface area contributed by atoms with E-state index in [0.29, 0.717) is 11.3 Å². The molecule has 4 heteroatoms. The Bertz CT molecular complexity index is 413. The van der Waals surface area contributed by atoms with Crippen LogP contribution in [0.15, 0.2) is 18.2 Å². The molecular weight excluding hydrogens is 206 g/mol. The molecule has 0 aromatic heterocycles. The van der Waals surface area contributed by atoms with Gasteiger partial charge in [-0.15, -0.1) is 0 Å². The van der Waals surface area contributed by atoms with Crippen LogP contribution in [0.1, 0.15) is 29.8 Å². The summed E-state index contributed by atoms with van der Waals surface area (Å²) in [7, 11) is 1.31. The SMILES string of the molecule is CCc1cc(NC(=O)OC)ccc1C(C)=O. The summed E-state index contributed by atoms with van der Waals surface area (Å²) in [6.07, 6.45) is 0.226. The molecule has 0 aliphatic heterocycles. The van der Waals surface area contributed by atoms with Gasteiger partial charge in [0.1, 0.15) is 0 Å². The van der Waals surface area contributed by atoms with Crippen molar-refractivity contribution in [1.82, 2.24) is 0 Å². The Hall–Kier alpha value is -1.84. The summed E-state index contributed by atoms with van der Waals surface area (Å²) in [5.41, 5.74) is 2.24. The number of ether oxygens (including phenoxy) is 1. The largest absolute Gasteiger partial charge is 0.453 e. The quantitative estimate of drug-likeness (QED) is 0.798. The van der Waals surface area contributed by atoms with E-state index in [1.807, 2.05) is 6.92 Å². The lowest BCUT2D eigenvalue weighted by Gasteiger charge is -2.08. The zero-order chi connectivity index (χ0) is 12.1. The van der Waals surface area contributed by atoms with Crippen molar-refractivity contribution in [3.63, 3.8) is 0 Å². The molecule has 0 radical (unpaired) electrons. The number of ketones is 1. The summed E-state index contributed by atoms with van der Waals surface area (Å²) in [4.78, 5) is 22.3. The molecule has 0 saturated carbocycles. The van der Waals surface area contributed by atoms with Crippen molar-refractivity contribution < 1.29 is 14.3 Å². The van der Waals surface area contributed by atoms with Gasteiger partial charge in [-0.25, -0.2) is 4.79 Å². The lowest BCUT2D eigenvalue weighted by atomic mass is 10.0. The maximum atomic E-state index is 11.3. The van der Waals surface area contributed by atoms with E-state index in [9.17, 15) is 9.59 Å². The zero-order valence-corrected chi connectivity index (χ0v) is 9.66. The van der Waals surface area contributed by atoms with E-state index in [1.165, 1.54) is 14.0 Å². The minimum Gasteiger partial charge on any atom is -0.453 e. The predicted molar refractivity (Wildman–Crippen MR) is 61.9 cm³/mol. The molecule has 0 fully saturated rings. The fourth-order valence-corrected chi connectivity index (χ4v) is 1.48. The van der Waals surface area contributed by atoms with Crippen LogP contribution in [-0.2, 0) is 11.2 Å². The summed E-state index contributed by atoms with van der Waals surface area (Å²) in [6, 6.07) is 5.19. The van der Waals surface area contributed by atoms with Crippen LogP contribution in [0.3, 0.4) is 0 Å². The highest BCUT2D eigenvalue weighted by molar-refractivity contribution is 5.96. The average molecular weight is 221 g/mol. The zero-order valence-electron chi connectivity index (χ0n) is 9.66. The van der Waals surface area contributed by atoms with Crippen LogP contribution in [0.2, 0.25) is 0 Å². The van der Waals surface area contributed by atoms with Crippen LogP contribution < -0.4 is 5.32 Å². The van der Waals surface area contributed by atoms with Gasteiger partial charge in [0, 0.05) is 11.3 Å². The minimum atomic E-state index is -0.516. The highest BCUT2D eigenvalue weighted by Crippen LogP contribution is 2.17. The molecule has 0 heterocycles. The lowest BCUT2D eigenvalue weighted by molar-refractivity contribution is 0.101. The van der Waals surface area contributed by atoms with Crippen LogP contribution in [-0.4, -0.2) is 19.0 Å². The van der Waals surface area contributed by atoms with E-state index >= 15 is 0 Å². The average Bonchev–Trinajstić information content (AvgIpc) is 2.28. The lowest BCUT2D eigenvalue weighted by Crippen LogP contribution is -2.11. The molecule has 0 aliphatic rings. The number of hydrogen-bond donors (Lipinski definition) is 1. The summed E-state index contributed by atoms with van der Waals surface area (Å²) in [5, 5.41) is 2.56. The standard InChI is InChI=1S/C12H15NO3/c1-4-9-7-10(13-12(15)16-3)5-6-11(9)8(2)14/h5-7H,4H2,1-3H3,(H,13,15). The third-order valence-electron chi connectivity index (χ3n) is 2.30. The third-order valence-corrected chi connectivity index (χ3v) is 2.30. The van der Waals surface area contributed by atoms with Crippen LogP contribution in [0.25, 0.3) is 0 Å². The Morgan fingerprint density at radius 1 is 1.38 bits per heavy atom. The summed E-state index contributed by atoms with van der Waals surface area (Å²) in [5.74, 6) is 0.0291. The van der Waals surface area contributed by atoms with Crippen molar-refractivity contribution in [3.05, 3.63) is 29.3 Å². The maximum Gasteiger partial charge on any atom is 0.411 e. The molecule has 0 saturated heterocycles. The van der Waals surface area contributed by atoms with Crippen molar-refractivity contribution >= 4 is 17.6 Å². The van der Waals surface area contributed by atoms with Gasteiger partial charge >= 0.3 is 6.09 Å². The summed E-state index contributed by atoms with van der Waals surface area (Å²) >= 11 is 0. The Balaban J connectivity index is 2.99. The Labute approximate surface area is 94.6 Å². The molecule has 4 nitrogen and oxygen atoms in total. The number of carbonyl (C=O) groups excluding carboxylic acids is 2. The number of aryl methyl sites for hydroxylation is 1. The molecule has 1 aromatic rings. The monoisotopic (exact) mass is 221 g/mol. The molecular formula is C12H15NO3. The molecule has 1 rings (SSSR count). The normalized spacial score (nSPS) is 9.69. The Morgan fingerprint density at radius 3 is 2.56 bits per heavy atom. The highest BCUT2D eigenvalue weighted by Gasteiger charge is 2.08. The van der Waals surface area contributed by atoms with E-state index < -0.39 is 6.09 Å². The van der Waals surface area contributed by atoms with E-state index in [4.69, 9.17) is 0 Å². The molecule has 1 amide bonds. The number of rotatable bonds is 3.